The molecule has 0 heterocycles. The molecule has 0 rings (SSSR count). The summed E-state index contributed by atoms with van der Waals surface area (Å²) in [5.41, 5.74) is 5.27. The summed E-state index contributed by atoms with van der Waals surface area (Å²) in [6, 6.07) is 0. The molecule has 0 aliphatic heterocycles. The van der Waals surface area contributed by atoms with Gasteiger partial charge >= 0.3 is 0 Å². The van der Waals surface area contributed by atoms with Crippen LogP contribution in [-0.4, -0.2) is 43.5 Å². The Kier molecular flexibility index (Phi) is 6.70. The van der Waals surface area contributed by atoms with Crippen molar-refractivity contribution in [2.45, 2.75) is 13.8 Å². The van der Waals surface area contributed by atoms with Gasteiger partial charge in [0.1, 0.15) is 0 Å². The van der Waals surface area contributed by atoms with E-state index in [1.165, 1.54) is 0 Å². The van der Waals surface area contributed by atoms with Gasteiger partial charge < -0.3 is 16.0 Å². The van der Waals surface area contributed by atoms with Gasteiger partial charge in [-0.15, -0.1) is 0 Å². The van der Waals surface area contributed by atoms with E-state index in [1.807, 2.05) is 13.8 Å². The summed E-state index contributed by atoms with van der Waals surface area (Å²) < 4.78 is 0. The van der Waals surface area contributed by atoms with Crippen molar-refractivity contribution in [2.24, 2.45) is 5.73 Å². The summed E-state index contributed by atoms with van der Waals surface area (Å²) in [6.45, 7) is 7.19. The monoisotopic (exact) mass is 173 g/mol. The van der Waals surface area contributed by atoms with E-state index in [9.17, 15) is 4.79 Å². The van der Waals surface area contributed by atoms with E-state index in [4.69, 9.17) is 5.73 Å². The van der Waals surface area contributed by atoms with Crippen LogP contribution >= 0.6 is 0 Å². The van der Waals surface area contributed by atoms with Crippen molar-refractivity contribution in [3.8, 4) is 0 Å². The lowest BCUT2D eigenvalue weighted by molar-refractivity contribution is -0.129. The highest BCUT2D eigenvalue weighted by Crippen LogP contribution is 1.86. The molecule has 0 saturated carbocycles. The number of nitrogens with zero attached hydrogens (tertiary/aromatic N) is 1. The lowest BCUT2D eigenvalue weighted by Gasteiger charge is -2.18. The van der Waals surface area contributed by atoms with Gasteiger partial charge in [0.2, 0.25) is 5.91 Å². The van der Waals surface area contributed by atoms with E-state index >= 15 is 0 Å². The Morgan fingerprint density at radius 2 is 2.00 bits per heavy atom. The third-order valence-corrected chi connectivity index (χ3v) is 1.71. The number of carbonyl (C=O) groups excluding carboxylic acids is 1. The van der Waals surface area contributed by atoms with Crippen LogP contribution in [0.1, 0.15) is 13.8 Å². The van der Waals surface area contributed by atoms with Gasteiger partial charge in [0.05, 0.1) is 6.54 Å². The molecule has 0 fully saturated rings. The van der Waals surface area contributed by atoms with Gasteiger partial charge in [0.25, 0.3) is 0 Å². The molecule has 0 aromatic heterocycles. The van der Waals surface area contributed by atoms with E-state index in [-0.39, 0.29) is 5.91 Å². The van der Waals surface area contributed by atoms with E-state index < -0.39 is 0 Å². The van der Waals surface area contributed by atoms with Gasteiger partial charge in [-0.1, -0.05) is 0 Å². The molecule has 12 heavy (non-hydrogen) atoms. The SMILES string of the molecule is CCN(CC)C(=O)CNCCN. The van der Waals surface area contributed by atoms with Crippen LogP contribution in [0.25, 0.3) is 0 Å². The van der Waals surface area contributed by atoms with Crippen LogP contribution in [0.4, 0.5) is 0 Å². The molecular formula is C8H19N3O. The quantitative estimate of drug-likeness (QED) is 0.527. The summed E-state index contributed by atoms with van der Waals surface area (Å²) in [5, 5.41) is 2.97. The minimum atomic E-state index is 0.147. The Hall–Kier alpha value is -0.610. The first-order valence-corrected chi connectivity index (χ1v) is 4.44. The molecule has 1 amide bonds. The number of nitrogens with one attached hydrogen (secondary N) is 1. The number of hydrogen-bond donors (Lipinski definition) is 2. The molecule has 0 aliphatic carbocycles. The third kappa shape index (κ3) is 4.31. The summed E-state index contributed by atoms with van der Waals surface area (Å²) in [6.07, 6.45) is 0. The third-order valence-electron chi connectivity index (χ3n) is 1.71. The lowest BCUT2D eigenvalue weighted by Crippen LogP contribution is -2.39. The normalized spacial score (nSPS) is 9.92. The minimum absolute atomic E-state index is 0.147. The predicted molar refractivity (Wildman–Crippen MR) is 49.9 cm³/mol. The highest BCUT2D eigenvalue weighted by Gasteiger charge is 2.07. The van der Waals surface area contributed by atoms with Gasteiger partial charge in [0, 0.05) is 26.2 Å². The van der Waals surface area contributed by atoms with Crippen LogP contribution in [0.5, 0.6) is 0 Å². The Morgan fingerprint density at radius 3 is 2.42 bits per heavy atom. The van der Waals surface area contributed by atoms with E-state index in [0.29, 0.717) is 19.6 Å². The molecule has 0 aromatic rings. The van der Waals surface area contributed by atoms with Gasteiger partial charge in [-0.2, -0.15) is 0 Å². The molecule has 72 valence electrons. The second kappa shape index (κ2) is 7.06. The number of nitrogens with two attached hydrogens (primary N) is 1. The van der Waals surface area contributed by atoms with Gasteiger partial charge in [0.15, 0.2) is 0 Å². The maximum Gasteiger partial charge on any atom is 0.236 e. The maximum atomic E-state index is 11.3. The van der Waals surface area contributed by atoms with Crippen LogP contribution in [0.3, 0.4) is 0 Å². The Balaban J connectivity index is 3.54. The summed E-state index contributed by atoms with van der Waals surface area (Å²) in [7, 11) is 0. The van der Waals surface area contributed by atoms with Crippen molar-refractivity contribution in [3.05, 3.63) is 0 Å². The molecule has 0 spiro atoms. The zero-order valence-electron chi connectivity index (χ0n) is 7.97. The molecule has 0 aromatic carbocycles. The molecule has 0 unspecified atom stereocenters. The van der Waals surface area contributed by atoms with Crippen molar-refractivity contribution in [2.75, 3.05) is 32.7 Å². The van der Waals surface area contributed by atoms with Crippen molar-refractivity contribution >= 4 is 5.91 Å². The molecular weight excluding hydrogens is 154 g/mol. The Bertz CT molecular complexity index is 123. The highest BCUT2D eigenvalue weighted by atomic mass is 16.2. The molecule has 4 heteroatoms. The molecule has 0 bridgehead atoms. The van der Waals surface area contributed by atoms with Crippen molar-refractivity contribution in [1.29, 1.82) is 0 Å². The predicted octanol–water partition coefficient (Wildman–Crippen LogP) is -0.597. The summed E-state index contributed by atoms with van der Waals surface area (Å²) in [5.74, 6) is 0.147. The molecule has 0 aliphatic rings. The highest BCUT2D eigenvalue weighted by molar-refractivity contribution is 5.78. The fourth-order valence-corrected chi connectivity index (χ4v) is 0.985. The zero-order valence-corrected chi connectivity index (χ0v) is 7.97. The average Bonchev–Trinajstić information content (AvgIpc) is 2.07. The topological polar surface area (TPSA) is 58.4 Å². The first-order valence-electron chi connectivity index (χ1n) is 4.44. The second-order valence-electron chi connectivity index (χ2n) is 2.53. The second-order valence-corrected chi connectivity index (χ2v) is 2.53. The number of likely N-dealkylation sites (N-methyl/N-ethyl adjacent to an activating group) is 1. The lowest BCUT2D eigenvalue weighted by atomic mass is 10.4. The Morgan fingerprint density at radius 1 is 1.42 bits per heavy atom. The average molecular weight is 173 g/mol. The zero-order chi connectivity index (χ0) is 9.40. The molecule has 0 atom stereocenters. The molecule has 0 saturated heterocycles. The largest absolute Gasteiger partial charge is 0.342 e. The van der Waals surface area contributed by atoms with Gasteiger partial charge in [-0.25, -0.2) is 0 Å². The van der Waals surface area contributed by atoms with E-state index in [0.717, 1.165) is 13.1 Å². The van der Waals surface area contributed by atoms with Gasteiger partial charge in [-0.05, 0) is 13.8 Å². The fraction of sp³-hybridized carbons (Fsp3) is 0.875. The number of hydrogen-bond acceptors (Lipinski definition) is 3. The van der Waals surface area contributed by atoms with Crippen LogP contribution in [0.15, 0.2) is 0 Å². The van der Waals surface area contributed by atoms with E-state index in [2.05, 4.69) is 5.32 Å². The first-order chi connectivity index (χ1) is 5.76. The molecule has 3 N–H and O–H groups in total. The number of amides is 1. The van der Waals surface area contributed by atoms with Crippen LogP contribution in [-0.2, 0) is 4.79 Å². The van der Waals surface area contributed by atoms with Gasteiger partial charge in [-0.3, -0.25) is 4.79 Å². The van der Waals surface area contributed by atoms with E-state index in [1.54, 1.807) is 4.90 Å². The van der Waals surface area contributed by atoms with Crippen molar-refractivity contribution in [1.82, 2.24) is 10.2 Å². The molecule has 4 nitrogen and oxygen atoms in total. The first kappa shape index (κ1) is 11.4. The van der Waals surface area contributed by atoms with Crippen LogP contribution in [0.2, 0.25) is 0 Å². The fourth-order valence-electron chi connectivity index (χ4n) is 0.985. The standard InChI is InChI=1S/C8H19N3O/c1-3-11(4-2)8(12)7-10-6-5-9/h10H,3-7,9H2,1-2H3. The summed E-state index contributed by atoms with van der Waals surface area (Å²) in [4.78, 5) is 13.1. The maximum absolute atomic E-state index is 11.3. The van der Waals surface area contributed by atoms with Crippen LogP contribution in [0, 0.1) is 0 Å². The molecule has 0 radical (unpaired) electrons. The van der Waals surface area contributed by atoms with Crippen molar-refractivity contribution < 1.29 is 4.79 Å². The Labute approximate surface area is 74.1 Å². The smallest absolute Gasteiger partial charge is 0.236 e. The number of rotatable bonds is 6. The minimum Gasteiger partial charge on any atom is -0.342 e. The van der Waals surface area contributed by atoms with Crippen LogP contribution < -0.4 is 11.1 Å². The summed E-state index contributed by atoms with van der Waals surface area (Å²) >= 11 is 0. The number of carbonyl (C=O) groups is 1. The van der Waals surface area contributed by atoms with Crippen molar-refractivity contribution in [3.63, 3.8) is 0 Å².